The largest absolute Gasteiger partial charge is 0.495 e. The summed E-state index contributed by atoms with van der Waals surface area (Å²) in [5, 5.41) is 12.0. The number of piperidine rings is 1. The molecule has 5 nitrogen and oxygen atoms in total. The molecule has 1 aliphatic heterocycles. The predicted octanol–water partition coefficient (Wildman–Crippen LogP) is 4.18. The summed E-state index contributed by atoms with van der Waals surface area (Å²) in [5.41, 5.74) is 2.40. The molecule has 0 aliphatic carbocycles. The van der Waals surface area contributed by atoms with Crippen molar-refractivity contribution in [3.05, 3.63) is 52.5 Å². The number of hydrogen-bond acceptors (Lipinski definition) is 4. The quantitative estimate of drug-likeness (QED) is 0.815. The van der Waals surface area contributed by atoms with Crippen LogP contribution in [0.25, 0.3) is 0 Å². The molecule has 1 amide bonds. The summed E-state index contributed by atoms with van der Waals surface area (Å²) in [6, 6.07) is 15.2. The van der Waals surface area contributed by atoms with E-state index in [4.69, 9.17) is 10.00 Å². The zero-order valence-corrected chi connectivity index (χ0v) is 16.1. The second kappa shape index (κ2) is 8.24. The second-order valence-electron chi connectivity index (χ2n) is 6.23. The van der Waals surface area contributed by atoms with E-state index in [9.17, 15) is 4.79 Å². The van der Waals surface area contributed by atoms with Gasteiger partial charge in [0.15, 0.2) is 0 Å². The normalized spacial score (nSPS) is 14.6. The van der Waals surface area contributed by atoms with E-state index < -0.39 is 0 Å². The lowest BCUT2D eigenvalue weighted by Gasteiger charge is -2.33. The minimum Gasteiger partial charge on any atom is -0.495 e. The molecule has 2 aromatic carbocycles. The number of ether oxygens (including phenoxy) is 1. The van der Waals surface area contributed by atoms with Crippen molar-refractivity contribution >= 4 is 33.2 Å². The molecule has 0 saturated carbocycles. The number of carbonyl (C=O) groups is 1. The van der Waals surface area contributed by atoms with E-state index in [-0.39, 0.29) is 11.8 Å². The Morgan fingerprint density at radius 2 is 2.00 bits per heavy atom. The van der Waals surface area contributed by atoms with Gasteiger partial charge in [-0.2, -0.15) is 5.26 Å². The lowest BCUT2D eigenvalue weighted by atomic mass is 9.95. The van der Waals surface area contributed by atoms with Crippen LogP contribution >= 0.6 is 15.9 Å². The highest BCUT2D eigenvalue weighted by Crippen LogP contribution is 2.31. The summed E-state index contributed by atoms with van der Waals surface area (Å²) in [4.78, 5) is 14.8. The highest BCUT2D eigenvalue weighted by Gasteiger charge is 2.26. The first-order valence-electron chi connectivity index (χ1n) is 8.51. The lowest BCUT2D eigenvalue weighted by molar-refractivity contribution is -0.120. The number of nitriles is 1. The number of rotatable bonds is 4. The van der Waals surface area contributed by atoms with Crippen molar-refractivity contribution in [1.29, 1.82) is 5.26 Å². The van der Waals surface area contributed by atoms with Crippen LogP contribution in [0.2, 0.25) is 0 Å². The molecule has 26 heavy (non-hydrogen) atoms. The molecule has 0 radical (unpaired) electrons. The van der Waals surface area contributed by atoms with E-state index in [1.807, 2.05) is 42.5 Å². The summed E-state index contributed by atoms with van der Waals surface area (Å²) in [7, 11) is 1.60. The topological polar surface area (TPSA) is 65.4 Å². The van der Waals surface area contributed by atoms with Crippen LogP contribution in [0.1, 0.15) is 18.4 Å². The fraction of sp³-hybridized carbons (Fsp3) is 0.300. The molecule has 0 aromatic heterocycles. The van der Waals surface area contributed by atoms with Crippen molar-refractivity contribution < 1.29 is 9.53 Å². The number of nitrogens with zero attached hydrogens (tertiary/aromatic N) is 2. The van der Waals surface area contributed by atoms with E-state index in [2.05, 4.69) is 32.2 Å². The van der Waals surface area contributed by atoms with Crippen LogP contribution in [-0.2, 0) is 4.79 Å². The summed E-state index contributed by atoms with van der Waals surface area (Å²) in [6.07, 6.45) is 1.57. The minimum atomic E-state index is -0.0201. The molecule has 2 aromatic rings. The van der Waals surface area contributed by atoms with Gasteiger partial charge in [0.2, 0.25) is 5.91 Å². The van der Waals surface area contributed by atoms with Crippen molar-refractivity contribution in [2.24, 2.45) is 5.92 Å². The van der Waals surface area contributed by atoms with Crippen LogP contribution in [0.5, 0.6) is 5.75 Å². The van der Waals surface area contributed by atoms with Crippen LogP contribution in [0, 0.1) is 17.2 Å². The molecular weight excluding hydrogens is 394 g/mol. The molecule has 1 N–H and O–H groups in total. The van der Waals surface area contributed by atoms with Gasteiger partial charge in [-0.05, 0) is 59.1 Å². The molecule has 0 bridgehead atoms. The summed E-state index contributed by atoms with van der Waals surface area (Å²) in [5.74, 6) is 0.682. The fourth-order valence-electron chi connectivity index (χ4n) is 3.20. The molecule has 0 spiro atoms. The van der Waals surface area contributed by atoms with Crippen LogP contribution in [0.3, 0.4) is 0 Å². The highest BCUT2D eigenvalue weighted by molar-refractivity contribution is 9.10. The van der Waals surface area contributed by atoms with E-state index in [0.717, 1.165) is 36.1 Å². The third-order valence-corrected chi connectivity index (χ3v) is 5.28. The number of anilines is 2. The maximum atomic E-state index is 12.6. The Labute approximate surface area is 161 Å². The fourth-order valence-corrected chi connectivity index (χ4v) is 3.83. The van der Waals surface area contributed by atoms with Crippen LogP contribution < -0.4 is 15.0 Å². The molecule has 134 valence electrons. The first-order valence-corrected chi connectivity index (χ1v) is 9.30. The number of amides is 1. The van der Waals surface area contributed by atoms with E-state index in [1.165, 1.54) is 0 Å². The zero-order chi connectivity index (χ0) is 18.5. The van der Waals surface area contributed by atoms with E-state index in [0.29, 0.717) is 17.0 Å². The summed E-state index contributed by atoms with van der Waals surface area (Å²) >= 11 is 3.54. The maximum Gasteiger partial charge on any atom is 0.227 e. The van der Waals surface area contributed by atoms with Crippen LogP contribution in [0.15, 0.2) is 46.9 Å². The van der Waals surface area contributed by atoms with Crippen LogP contribution in [-0.4, -0.2) is 26.1 Å². The monoisotopic (exact) mass is 413 g/mol. The lowest BCUT2D eigenvalue weighted by Crippen LogP contribution is -2.38. The van der Waals surface area contributed by atoms with Gasteiger partial charge in [0.25, 0.3) is 0 Å². The van der Waals surface area contributed by atoms with Gasteiger partial charge in [-0.25, -0.2) is 0 Å². The molecule has 1 heterocycles. The first-order chi connectivity index (χ1) is 12.6. The molecule has 6 heteroatoms. The maximum absolute atomic E-state index is 12.6. The van der Waals surface area contributed by atoms with Gasteiger partial charge in [-0.15, -0.1) is 0 Å². The Bertz CT molecular complexity index is 839. The number of methoxy groups -OCH3 is 1. The molecular formula is C20H20BrN3O2. The molecule has 3 rings (SSSR count). The van der Waals surface area contributed by atoms with Gasteiger partial charge in [-0.1, -0.05) is 12.1 Å². The van der Waals surface area contributed by atoms with Gasteiger partial charge >= 0.3 is 0 Å². The standard InChI is InChI=1S/C20H20BrN3O2/c1-26-19-5-3-2-4-17(19)23-20(25)15-8-10-24(11-9-15)18-7-6-14(13-22)12-16(18)21/h2-7,12,15H,8-11H2,1H3,(H,23,25). The third kappa shape index (κ3) is 4.00. The minimum absolute atomic E-state index is 0.0201. The Balaban J connectivity index is 1.61. The Hall–Kier alpha value is -2.52. The molecule has 1 aliphatic rings. The van der Waals surface area contributed by atoms with Crippen molar-refractivity contribution in [3.63, 3.8) is 0 Å². The van der Waals surface area contributed by atoms with Gasteiger partial charge < -0.3 is 15.0 Å². The van der Waals surface area contributed by atoms with Crippen LogP contribution in [0.4, 0.5) is 11.4 Å². The average molecular weight is 414 g/mol. The third-order valence-electron chi connectivity index (χ3n) is 4.65. The Morgan fingerprint density at radius 1 is 1.27 bits per heavy atom. The van der Waals surface area contributed by atoms with Crippen molar-refractivity contribution in [2.75, 3.05) is 30.4 Å². The number of hydrogen-bond donors (Lipinski definition) is 1. The number of halogens is 1. The van der Waals surface area contributed by atoms with Gasteiger partial charge in [-0.3, -0.25) is 4.79 Å². The summed E-state index contributed by atoms with van der Waals surface area (Å²) < 4.78 is 6.20. The van der Waals surface area contributed by atoms with E-state index >= 15 is 0 Å². The molecule has 1 saturated heterocycles. The summed E-state index contributed by atoms with van der Waals surface area (Å²) in [6.45, 7) is 1.60. The molecule has 1 fully saturated rings. The number of nitrogens with one attached hydrogen (secondary N) is 1. The van der Waals surface area contributed by atoms with Crippen molar-refractivity contribution in [1.82, 2.24) is 0 Å². The smallest absolute Gasteiger partial charge is 0.227 e. The average Bonchev–Trinajstić information content (AvgIpc) is 2.68. The number of benzene rings is 2. The Morgan fingerprint density at radius 3 is 2.65 bits per heavy atom. The van der Waals surface area contributed by atoms with Crippen molar-refractivity contribution in [3.8, 4) is 11.8 Å². The highest BCUT2D eigenvalue weighted by atomic mass is 79.9. The Kier molecular flexibility index (Phi) is 5.79. The van der Waals surface area contributed by atoms with Gasteiger partial charge in [0.05, 0.1) is 30.1 Å². The second-order valence-corrected chi connectivity index (χ2v) is 7.08. The predicted molar refractivity (Wildman–Crippen MR) is 105 cm³/mol. The van der Waals surface area contributed by atoms with Gasteiger partial charge in [0, 0.05) is 23.5 Å². The molecule has 0 unspecified atom stereocenters. The number of para-hydroxylation sites is 2. The van der Waals surface area contributed by atoms with Gasteiger partial charge in [0.1, 0.15) is 5.75 Å². The van der Waals surface area contributed by atoms with Crippen molar-refractivity contribution in [2.45, 2.75) is 12.8 Å². The number of carbonyl (C=O) groups excluding carboxylic acids is 1. The first kappa shape index (κ1) is 18.3. The zero-order valence-electron chi connectivity index (χ0n) is 14.5. The SMILES string of the molecule is COc1ccccc1NC(=O)C1CCN(c2ccc(C#N)cc2Br)CC1. The van der Waals surface area contributed by atoms with E-state index in [1.54, 1.807) is 7.11 Å². The molecule has 0 atom stereocenters.